The maximum absolute atomic E-state index is 13.2. The zero-order valence-electron chi connectivity index (χ0n) is 19.5. The summed E-state index contributed by atoms with van der Waals surface area (Å²) in [5, 5.41) is 20.6. The van der Waals surface area contributed by atoms with Crippen LogP contribution in [0.2, 0.25) is 0 Å². The lowest BCUT2D eigenvalue weighted by molar-refractivity contribution is -0.150. The van der Waals surface area contributed by atoms with Crippen molar-refractivity contribution in [3.05, 3.63) is 59.2 Å². The quantitative estimate of drug-likeness (QED) is 0.362. The fourth-order valence-corrected chi connectivity index (χ4v) is 4.27. The highest BCUT2D eigenvalue weighted by Gasteiger charge is 2.39. The van der Waals surface area contributed by atoms with Gasteiger partial charge in [-0.1, -0.05) is 6.07 Å². The second-order valence-corrected chi connectivity index (χ2v) is 8.70. The molecular formula is C25H29N5O5. The van der Waals surface area contributed by atoms with Crippen LogP contribution in [0.1, 0.15) is 34.3 Å². The molecule has 10 heteroatoms. The Labute approximate surface area is 203 Å². The molecule has 2 aliphatic rings. The summed E-state index contributed by atoms with van der Waals surface area (Å²) in [6.07, 6.45) is -1.17. The summed E-state index contributed by atoms with van der Waals surface area (Å²) >= 11 is 0. The van der Waals surface area contributed by atoms with E-state index in [1.165, 1.54) is 4.90 Å². The molecule has 0 radical (unpaired) electrons. The monoisotopic (exact) mass is 479 g/mol. The van der Waals surface area contributed by atoms with Crippen molar-refractivity contribution in [2.75, 3.05) is 36.5 Å². The number of aliphatic hydroxyl groups is 1. The highest BCUT2D eigenvalue weighted by Crippen LogP contribution is 2.25. The molecule has 10 nitrogen and oxygen atoms in total. The van der Waals surface area contributed by atoms with Crippen molar-refractivity contribution in [1.82, 2.24) is 4.90 Å². The maximum Gasteiger partial charge on any atom is 0.259 e. The van der Waals surface area contributed by atoms with Gasteiger partial charge >= 0.3 is 0 Å². The first-order valence-electron chi connectivity index (χ1n) is 11.5. The topological polar surface area (TPSA) is 149 Å². The number of carbonyl (C=O) groups is 3. The number of benzene rings is 2. The van der Waals surface area contributed by atoms with E-state index in [2.05, 4.69) is 5.32 Å². The Morgan fingerprint density at radius 3 is 2.49 bits per heavy atom. The third kappa shape index (κ3) is 5.18. The van der Waals surface area contributed by atoms with Gasteiger partial charge in [-0.2, -0.15) is 0 Å². The zero-order valence-corrected chi connectivity index (χ0v) is 19.5. The summed E-state index contributed by atoms with van der Waals surface area (Å²) in [4.78, 5) is 42.0. The molecule has 0 aromatic heterocycles. The molecule has 3 amide bonds. The Hall–Kier alpha value is -3.76. The normalized spacial score (nSPS) is 18.9. The number of ether oxygens (including phenoxy) is 1. The van der Waals surface area contributed by atoms with Gasteiger partial charge in [0, 0.05) is 42.1 Å². The molecule has 0 bridgehead atoms. The number of hydrogen-bond acceptors (Lipinski definition) is 6. The van der Waals surface area contributed by atoms with Crippen LogP contribution in [0.4, 0.5) is 11.4 Å². The summed E-state index contributed by atoms with van der Waals surface area (Å²) in [6.45, 7) is 3.65. The average molecular weight is 480 g/mol. The highest BCUT2D eigenvalue weighted by atomic mass is 16.5. The molecule has 2 saturated heterocycles. The number of nitrogens with zero attached hydrogens (tertiary/aromatic N) is 2. The number of hydrogen-bond donors (Lipinski definition) is 4. The van der Waals surface area contributed by atoms with Crippen LogP contribution in [0.5, 0.6) is 0 Å². The van der Waals surface area contributed by atoms with E-state index in [0.717, 1.165) is 31.5 Å². The van der Waals surface area contributed by atoms with Crippen LogP contribution in [-0.4, -0.2) is 72.0 Å². The van der Waals surface area contributed by atoms with Gasteiger partial charge in [0.15, 0.2) is 12.2 Å². The third-order valence-electron chi connectivity index (χ3n) is 6.30. The molecule has 2 heterocycles. The van der Waals surface area contributed by atoms with Crippen LogP contribution < -0.4 is 16.0 Å². The molecule has 2 aromatic rings. The van der Waals surface area contributed by atoms with Crippen molar-refractivity contribution in [2.24, 2.45) is 5.73 Å². The van der Waals surface area contributed by atoms with Gasteiger partial charge in [0.2, 0.25) is 0 Å². The number of carbonyl (C=O) groups excluding carboxylic acids is 3. The Balaban J connectivity index is 1.48. The lowest BCUT2D eigenvalue weighted by Gasteiger charge is -2.34. The van der Waals surface area contributed by atoms with Crippen molar-refractivity contribution >= 4 is 34.9 Å². The number of nitrogens with two attached hydrogens (primary N) is 1. The molecular weight excluding hydrogens is 450 g/mol. The molecule has 2 aliphatic heterocycles. The lowest BCUT2D eigenvalue weighted by Crippen LogP contribution is -2.55. The van der Waals surface area contributed by atoms with E-state index in [0.29, 0.717) is 22.5 Å². The number of aryl methyl sites for hydroxylation is 1. The largest absolute Gasteiger partial charge is 0.384 e. The third-order valence-corrected chi connectivity index (χ3v) is 6.30. The Morgan fingerprint density at radius 1 is 1.14 bits per heavy atom. The summed E-state index contributed by atoms with van der Waals surface area (Å²) in [5.74, 6) is -1.52. The summed E-state index contributed by atoms with van der Waals surface area (Å²) in [5.41, 5.74) is 8.17. The number of nitrogens with one attached hydrogen (secondary N) is 2. The minimum Gasteiger partial charge on any atom is -0.384 e. The molecule has 35 heavy (non-hydrogen) atoms. The first kappa shape index (κ1) is 24.4. The summed E-state index contributed by atoms with van der Waals surface area (Å²) < 4.78 is 5.47. The van der Waals surface area contributed by atoms with Crippen LogP contribution in [-0.2, 0) is 14.3 Å². The first-order chi connectivity index (χ1) is 16.8. The van der Waals surface area contributed by atoms with Gasteiger partial charge < -0.3 is 30.7 Å². The second-order valence-electron chi connectivity index (χ2n) is 8.70. The minimum absolute atomic E-state index is 0.0608. The number of aliphatic hydroxyl groups excluding tert-OH is 1. The van der Waals surface area contributed by atoms with E-state index in [1.54, 1.807) is 42.5 Å². The van der Waals surface area contributed by atoms with Gasteiger partial charge in [0.1, 0.15) is 5.84 Å². The van der Waals surface area contributed by atoms with Crippen molar-refractivity contribution in [2.45, 2.75) is 32.0 Å². The smallest absolute Gasteiger partial charge is 0.259 e. The predicted molar refractivity (Wildman–Crippen MR) is 131 cm³/mol. The number of rotatable bonds is 6. The standard InChI is InChI=1S/C25H29N5O5/c1-15-4-9-18(14-19(15)24(33)29-10-2-3-11-29)30-12-13-35-21(25(30)34)20(31)23(32)28-17-7-5-16(6-8-17)22(26)27/h4-9,14,20-21,31H,2-3,10-13H2,1H3,(H3,26,27)(H,28,32)/t20-,21-/m1/s1. The fraction of sp³-hybridized carbons (Fsp3) is 0.360. The van der Waals surface area contributed by atoms with Gasteiger partial charge in [0.25, 0.3) is 17.7 Å². The van der Waals surface area contributed by atoms with Crippen molar-refractivity contribution < 1.29 is 24.2 Å². The van der Waals surface area contributed by atoms with Crippen LogP contribution in [0.25, 0.3) is 0 Å². The van der Waals surface area contributed by atoms with E-state index in [1.807, 2.05) is 11.8 Å². The number of amides is 3. The maximum atomic E-state index is 13.2. The Bertz CT molecular complexity index is 1140. The number of anilines is 2. The molecule has 0 saturated carbocycles. The van der Waals surface area contributed by atoms with Gasteiger partial charge in [-0.3, -0.25) is 19.8 Å². The molecule has 0 spiro atoms. The molecule has 5 N–H and O–H groups in total. The summed E-state index contributed by atoms with van der Waals surface area (Å²) in [7, 11) is 0. The molecule has 2 atom stereocenters. The van der Waals surface area contributed by atoms with E-state index in [-0.39, 0.29) is 24.9 Å². The van der Waals surface area contributed by atoms with E-state index in [4.69, 9.17) is 15.9 Å². The highest BCUT2D eigenvalue weighted by molar-refractivity contribution is 6.05. The zero-order chi connectivity index (χ0) is 25.1. The molecule has 0 unspecified atom stereocenters. The lowest BCUT2D eigenvalue weighted by atomic mass is 10.0. The van der Waals surface area contributed by atoms with Crippen LogP contribution in [0.3, 0.4) is 0 Å². The molecule has 2 aromatic carbocycles. The van der Waals surface area contributed by atoms with E-state index >= 15 is 0 Å². The van der Waals surface area contributed by atoms with Crippen molar-refractivity contribution in [1.29, 1.82) is 5.41 Å². The fourth-order valence-electron chi connectivity index (χ4n) is 4.27. The van der Waals surface area contributed by atoms with E-state index in [9.17, 15) is 19.5 Å². The predicted octanol–water partition coefficient (Wildman–Crippen LogP) is 1.25. The van der Waals surface area contributed by atoms with Crippen molar-refractivity contribution in [3.63, 3.8) is 0 Å². The molecule has 4 rings (SSSR count). The average Bonchev–Trinajstić information content (AvgIpc) is 3.39. The number of nitrogen functional groups attached to an aromatic ring is 1. The van der Waals surface area contributed by atoms with Gasteiger partial charge in [-0.25, -0.2) is 0 Å². The van der Waals surface area contributed by atoms with Crippen LogP contribution in [0.15, 0.2) is 42.5 Å². The summed E-state index contributed by atoms with van der Waals surface area (Å²) in [6, 6.07) is 11.5. The molecule has 0 aliphatic carbocycles. The Morgan fingerprint density at radius 2 is 1.83 bits per heavy atom. The number of likely N-dealkylation sites (tertiary alicyclic amines) is 1. The molecule has 2 fully saturated rings. The molecule has 184 valence electrons. The SMILES string of the molecule is Cc1ccc(N2CCO[C@H]([C@@H](O)C(=O)Nc3ccc(C(=N)N)cc3)C2=O)cc1C(=O)N1CCCC1. The van der Waals surface area contributed by atoms with Crippen LogP contribution in [0, 0.1) is 12.3 Å². The second kappa shape index (κ2) is 10.2. The first-order valence-corrected chi connectivity index (χ1v) is 11.5. The van der Waals surface area contributed by atoms with Gasteiger partial charge in [-0.05, 0) is 61.7 Å². The Kier molecular flexibility index (Phi) is 7.13. The van der Waals surface area contributed by atoms with Crippen molar-refractivity contribution in [3.8, 4) is 0 Å². The minimum atomic E-state index is -1.74. The number of morpholine rings is 1. The van der Waals surface area contributed by atoms with Gasteiger partial charge in [-0.15, -0.1) is 0 Å². The van der Waals surface area contributed by atoms with E-state index < -0.39 is 24.0 Å². The van der Waals surface area contributed by atoms with Gasteiger partial charge in [0.05, 0.1) is 6.61 Å². The number of amidine groups is 1. The van der Waals surface area contributed by atoms with Crippen LogP contribution >= 0.6 is 0 Å².